The van der Waals surface area contributed by atoms with Crippen molar-refractivity contribution in [2.24, 2.45) is 11.3 Å². The minimum atomic E-state index is -4.13. The van der Waals surface area contributed by atoms with Gasteiger partial charge in [0.2, 0.25) is 5.95 Å². The van der Waals surface area contributed by atoms with Crippen LogP contribution in [-0.4, -0.2) is 68.0 Å². The molecule has 8 nitrogen and oxygen atoms in total. The van der Waals surface area contributed by atoms with Crippen LogP contribution in [0.25, 0.3) is 5.69 Å². The van der Waals surface area contributed by atoms with Gasteiger partial charge in [0.1, 0.15) is 11.6 Å². The van der Waals surface area contributed by atoms with E-state index in [1.165, 1.54) is 0 Å². The van der Waals surface area contributed by atoms with Crippen molar-refractivity contribution in [1.82, 2.24) is 29.6 Å². The Morgan fingerprint density at radius 3 is 2.49 bits per heavy atom. The number of halogens is 4. The van der Waals surface area contributed by atoms with Gasteiger partial charge in [-0.3, -0.25) is 9.47 Å². The first kappa shape index (κ1) is 23.2. The van der Waals surface area contributed by atoms with Gasteiger partial charge in [0, 0.05) is 55.4 Å². The normalized spacial score (nSPS) is 24.6. The molecule has 3 aliphatic heterocycles. The predicted octanol–water partition coefficient (Wildman–Crippen LogP) is 4.00. The molecule has 12 heteroatoms. The Labute approximate surface area is 217 Å². The molecular weight excluding hydrogens is 505 g/mol. The average Bonchev–Trinajstić information content (AvgIpc) is 3.06. The zero-order valence-electron chi connectivity index (χ0n) is 20.3. The molecule has 194 valence electrons. The summed E-state index contributed by atoms with van der Waals surface area (Å²) in [5.74, 6) is 2.04. The lowest BCUT2D eigenvalue weighted by Gasteiger charge is -2.60. The first-order valence-electron chi connectivity index (χ1n) is 12.5. The maximum atomic E-state index is 13.1. The van der Waals surface area contributed by atoms with E-state index in [9.17, 15) is 13.2 Å². The van der Waals surface area contributed by atoms with Crippen molar-refractivity contribution in [2.45, 2.75) is 45.1 Å². The van der Waals surface area contributed by atoms with Crippen molar-refractivity contribution >= 4 is 23.4 Å². The second kappa shape index (κ2) is 8.04. The molecule has 7 rings (SSSR count). The minimum Gasteiger partial charge on any atom is -0.355 e. The second-order valence-electron chi connectivity index (χ2n) is 11.0. The lowest BCUT2D eigenvalue weighted by Crippen LogP contribution is -2.73. The lowest BCUT2D eigenvalue weighted by atomic mass is 9.73. The number of hydrogen-bond donors (Lipinski definition) is 0. The van der Waals surface area contributed by atoms with E-state index < -0.39 is 12.1 Å². The van der Waals surface area contributed by atoms with E-state index in [2.05, 4.69) is 39.4 Å². The predicted molar refractivity (Wildman–Crippen MR) is 132 cm³/mol. The van der Waals surface area contributed by atoms with Crippen molar-refractivity contribution < 1.29 is 13.2 Å². The van der Waals surface area contributed by atoms with Crippen LogP contribution in [0.4, 0.5) is 24.9 Å². The van der Waals surface area contributed by atoms with E-state index in [1.807, 2.05) is 31.2 Å². The molecule has 0 N–H and O–H groups in total. The fraction of sp³-hybridized carbons (Fsp3) is 0.520. The Morgan fingerprint density at radius 1 is 1.00 bits per heavy atom. The number of aromatic nitrogens is 5. The second-order valence-corrected chi connectivity index (χ2v) is 11.4. The first-order chi connectivity index (χ1) is 17.7. The monoisotopic (exact) mass is 530 g/mol. The molecule has 0 atom stereocenters. The van der Waals surface area contributed by atoms with Crippen LogP contribution in [0.2, 0.25) is 5.02 Å². The van der Waals surface area contributed by atoms with Gasteiger partial charge in [0.15, 0.2) is 5.82 Å². The van der Waals surface area contributed by atoms with Crippen molar-refractivity contribution in [2.75, 3.05) is 36.0 Å². The summed E-state index contributed by atoms with van der Waals surface area (Å²) in [6, 6.07) is 7.53. The van der Waals surface area contributed by atoms with Crippen LogP contribution in [0, 0.1) is 18.3 Å². The fourth-order valence-electron chi connectivity index (χ4n) is 6.28. The van der Waals surface area contributed by atoms with Crippen molar-refractivity contribution in [3.8, 4) is 5.69 Å². The molecule has 3 aromatic rings. The average molecular weight is 531 g/mol. The van der Waals surface area contributed by atoms with Gasteiger partial charge in [-0.2, -0.15) is 13.2 Å². The molecule has 1 aliphatic carbocycles. The van der Waals surface area contributed by atoms with E-state index in [1.54, 1.807) is 6.20 Å². The highest BCUT2D eigenvalue weighted by Gasteiger charge is 2.54. The highest BCUT2D eigenvalue weighted by atomic mass is 35.5. The van der Waals surface area contributed by atoms with E-state index in [0.29, 0.717) is 18.1 Å². The maximum Gasteiger partial charge on any atom is 0.391 e. The van der Waals surface area contributed by atoms with Crippen LogP contribution in [-0.2, 0) is 13.1 Å². The Kier molecular flexibility index (Phi) is 5.04. The summed E-state index contributed by atoms with van der Waals surface area (Å²) in [5.41, 5.74) is 2.12. The van der Waals surface area contributed by atoms with Gasteiger partial charge in [0.25, 0.3) is 0 Å². The first-order valence-corrected chi connectivity index (χ1v) is 12.9. The van der Waals surface area contributed by atoms with Crippen molar-refractivity contribution in [3.05, 3.63) is 52.7 Å². The molecule has 2 saturated heterocycles. The van der Waals surface area contributed by atoms with Gasteiger partial charge in [-0.05, 0) is 49.6 Å². The molecule has 2 aromatic heterocycles. The van der Waals surface area contributed by atoms with E-state index in [0.717, 1.165) is 60.8 Å². The third-order valence-corrected chi connectivity index (χ3v) is 8.51. The van der Waals surface area contributed by atoms with Crippen molar-refractivity contribution in [1.29, 1.82) is 0 Å². The van der Waals surface area contributed by atoms with Crippen LogP contribution in [0.5, 0.6) is 0 Å². The Balaban J connectivity index is 1.11. The molecule has 3 fully saturated rings. The van der Waals surface area contributed by atoms with Gasteiger partial charge in [0.05, 0.1) is 18.2 Å². The summed E-state index contributed by atoms with van der Waals surface area (Å²) in [7, 11) is 0. The standard InChI is InChI=1S/C25H26ClF3N8/c1-15-30-5-4-21(31-15)35-11-24(12-35)13-36(14-24)23-33-32-22-10-34(19-7-17(8-19)25(27,28)29)9-16-6-18(26)2-3-20(16)37(22)23/h2-6,17,19H,7-14H2,1H3. The van der Waals surface area contributed by atoms with Gasteiger partial charge in [-0.15, -0.1) is 10.2 Å². The van der Waals surface area contributed by atoms with E-state index in [-0.39, 0.29) is 24.3 Å². The molecule has 0 bridgehead atoms. The Hall–Kier alpha value is -2.92. The molecule has 1 spiro atoms. The summed E-state index contributed by atoms with van der Waals surface area (Å²) < 4.78 is 41.5. The highest BCUT2D eigenvalue weighted by Crippen LogP contribution is 2.46. The van der Waals surface area contributed by atoms with E-state index >= 15 is 0 Å². The zero-order chi connectivity index (χ0) is 25.5. The quantitative estimate of drug-likeness (QED) is 0.507. The summed E-state index contributed by atoms with van der Waals surface area (Å²) in [6.45, 7) is 6.49. The molecule has 37 heavy (non-hydrogen) atoms. The van der Waals surface area contributed by atoms with Gasteiger partial charge in [-0.25, -0.2) is 9.97 Å². The zero-order valence-corrected chi connectivity index (χ0v) is 21.0. The molecule has 0 amide bonds. The Bertz CT molecular complexity index is 1350. The largest absolute Gasteiger partial charge is 0.391 e. The molecule has 1 saturated carbocycles. The topological polar surface area (TPSA) is 66.2 Å². The number of fused-ring (bicyclic) bond motifs is 3. The van der Waals surface area contributed by atoms with Gasteiger partial charge in [-0.1, -0.05) is 11.6 Å². The lowest BCUT2D eigenvalue weighted by molar-refractivity contribution is -0.207. The number of benzene rings is 1. The maximum absolute atomic E-state index is 13.1. The summed E-state index contributed by atoms with van der Waals surface area (Å²) in [4.78, 5) is 15.3. The molecule has 0 unspecified atom stereocenters. The molecule has 0 radical (unpaired) electrons. The molecular formula is C25H26ClF3N8. The van der Waals surface area contributed by atoms with Crippen LogP contribution in [0.3, 0.4) is 0 Å². The Morgan fingerprint density at radius 2 is 1.76 bits per heavy atom. The number of anilines is 2. The molecule has 5 heterocycles. The minimum absolute atomic E-state index is 0.122. The number of rotatable bonds is 3. The number of alkyl halides is 3. The van der Waals surface area contributed by atoms with Crippen LogP contribution in [0.1, 0.15) is 30.1 Å². The molecule has 4 aliphatic rings. The third-order valence-electron chi connectivity index (χ3n) is 8.28. The van der Waals surface area contributed by atoms with Gasteiger partial charge >= 0.3 is 6.18 Å². The summed E-state index contributed by atoms with van der Waals surface area (Å²) >= 11 is 6.34. The number of nitrogens with zero attached hydrogens (tertiary/aromatic N) is 8. The van der Waals surface area contributed by atoms with E-state index in [4.69, 9.17) is 11.6 Å². The van der Waals surface area contributed by atoms with Crippen LogP contribution >= 0.6 is 11.6 Å². The SMILES string of the molecule is Cc1nccc(N2CC3(C2)CN(c2nnc4n2-c2ccc(Cl)cc2CN(C2CC(C(F)(F)F)C2)C4)C3)n1. The highest BCUT2D eigenvalue weighted by molar-refractivity contribution is 6.30. The number of hydrogen-bond acceptors (Lipinski definition) is 7. The smallest absolute Gasteiger partial charge is 0.355 e. The van der Waals surface area contributed by atoms with Crippen LogP contribution < -0.4 is 9.80 Å². The van der Waals surface area contributed by atoms with Gasteiger partial charge < -0.3 is 9.80 Å². The summed E-state index contributed by atoms with van der Waals surface area (Å²) in [5, 5.41) is 9.67. The van der Waals surface area contributed by atoms with Crippen molar-refractivity contribution in [3.63, 3.8) is 0 Å². The van der Waals surface area contributed by atoms with Crippen LogP contribution in [0.15, 0.2) is 30.5 Å². The molecule has 1 aromatic carbocycles. The fourth-order valence-corrected chi connectivity index (χ4v) is 6.47. The number of aryl methyl sites for hydroxylation is 1. The summed E-state index contributed by atoms with van der Waals surface area (Å²) in [6.07, 6.45) is -2.09. The third kappa shape index (κ3) is 3.85.